The first-order chi connectivity index (χ1) is 9.32. The minimum absolute atomic E-state index is 0.136. The molecule has 0 aliphatic heterocycles. The molecular weight excluding hydrogens is 274 g/mol. The van der Waals surface area contributed by atoms with E-state index in [1.807, 2.05) is 13.8 Å². The van der Waals surface area contributed by atoms with Gasteiger partial charge in [0.2, 0.25) is 0 Å². The predicted octanol–water partition coefficient (Wildman–Crippen LogP) is 2.83. The molecule has 4 nitrogen and oxygen atoms in total. The summed E-state index contributed by atoms with van der Waals surface area (Å²) < 4.78 is 24.4. The van der Waals surface area contributed by atoms with Gasteiger partial charge >= 0.3 is 0 Å². The van der Waals surface area contributed by atoms with Crippen LogP contribution in [-0.4, -0.2) is 31.4 Å². The Labute approximate surface area is 122 Å². The number of benzene rings is 1. The fraction of sp³-hybridized carbons (Fsp3) is 0.600. The van der Waals surface area contributed by atoms with E-state index in [4.69, 9.17) is 0 Å². The second-order valence-electron chi connectivity index (χ2n) is 5.42. The van der Waals surface area contributed by atoms with Crippen LogP contribution in [0.4, 0.5) is 5.69 Å². The topological polar surface area (TPSA) is 66.4 Å². The van der Waals surface area contributed by atoms with Gasteiger partial charge in [-0.15, -0.1) is 0 Å². The zero-order valence-electron chi connectivity index (χ0n) is 12.5. The van der Waals surface area contributed by atoms with E-state index in [1.54, 1.807) is 31.2 Å². The van der Waals surface area contributed by atoms with Gasteiger partial charge in [0.05, 0.1) is 21.9 Å². The van der Waals surface area contributed by atoms with Crippen molar-refractivity contribution >= 4 is 15.5 Å². The van der Waals surface area contributed by atoms with Crippen molar-refractivity contribution in [3.63, 3.8) is 0 Å². The van der Waals surface area contributed by atoms with Crippen molar-refractivity contribution in [2.24, 2.45) is 0 Å². The van der Waals surface area contributed by atoms with Crippen LogP contribution in [0.3, 0.4) is 0 Å². The maximum absolute atomic E-state index is 12.2. The molecule has 0 radical (unpaired) electrons. The van der Waals surface area contributed by atoms with Gasteiger partial charge in [-0.3, -0.25) is 0 Å². The molecule has 0 aromatic heterocycles. The Morgan fingerprint density at radius 1 is 1.20 bits per heavy atom. The molecule has 0 amide bonds. The van der Waals surface area contributed by atoms with Gasteiger partial charge in [-0.05, 0) is 31.9 Å². The van der Waals surface area contributed by atoms with Crippen LogP contribution in [0, 0.1) is 0 Å². The third-order valence-corrected chi connectivity index (χ3v) is 5.12. The predicted molar refractivity (Wildman–Crippen MR) is 82.8 cm³/mol. The van der Waals surface area contributed by atoms with E-state index in [1.165, 1.54) is 0 Å². The summed E-state index contributed by atoms with van der Waals surface area (Å²) in [4.78, 5) is 0.314. The quantitative estimate of drug-likeness (QED) is 0.774. The standard InChI is InChI=1S/C15H25NO3S/c1-4-10-15(3,17)12-16-13-8-6-7-9-14(13)20(18,19)11-5-2/h6-9,16-17H,4-5,10-12H2,1-3H3. The molecule has 0 heterocycles. The van der Waals surface area contributed by atoms with Gasteiger partial charge in [-0.25, -0.2) is 8.42 Å². The largest absolute Gasteiger partial charge is 0.388 e. The lowest BCUT2D eigenvalue weighted by molar-refractivity contribution is 0.0636. The summed E-state index contributed by atoms with van der Waals surface area (Å²) in [6, 6.07) is 6.87. The number of sulfone groups is 1. The van der Waals surface area contributed by atoms with Gasteiger partial charge in [0.15, 0.2) is 9.84 Å². The van der Waals surface area contributed by atoms with Crippen LogP contribution in [0.25, 0.3) is 0 Å². The maximum Gasteiger partial charge on any atom is 0.180 e. The number of hydrogen-bond acceptors (Lipinski definition) is 4. The van der Waals surface area contributed by atoms with Gasteiger partial charge in [0.1, 0.15) is 0 Å². The van der Waals surface area contributed by atoms with Crippen molar-refractivity contribution in [2.75, 3.05) is 17.6 Å². The molecule has 1 rings (SSSR count). The number of para-hydroxylation sites is 1. The average Bonchev–Trinajstić information content (AvgIpc) is 2.37. The molecule has 2 N–H and O–H groups in total. The zero-order valence-corrected chi connectivity index (χ0v) is 13.3. The second kappa shape index (κ2) is 7.09. The lowest BCUT2D eigenvalue weighted by atomic mass is 10.0. The Balaban J connectivity index is 2.92. The molecule has 5 heteroatoms. The monoisotopic (exact) mass is 299 g/mol. The molecule has 0 saturated carbocycles. The summed E-state index contributed by atoms with van der Waals surface area (Å²) in [7, 11) is -3.27. The fourth-order valence-electron chi connectivity index (χ4n) is 2.18. The Morgan fingerprint density at radius 2 is 1.85 bits per heavy atom. The van der Waals surface area contributed by atoms with Crippen LogP contribution < -0.4 is 5.32 Å². The van der Waals surface area contributed by atoms with Crippen LogP contribution in [0.5, 0.6) is 0 Å². The number of rotatable bonds is 8. The molecule has 1 aromatic carbocycles. The number of hydrogen-bond donors (Lipinski definition) is 2. The maximum atomic E-state index is 12.2. The van der Waals surface area contributed by atoms with E-state index >= 15 is 0 Å². The van der Waals surface area contributed by atoms with E-state index in [9.17, 15) is 13.5 Å². The molecule has 0 saturated heterocycles. The SMILES string of the molecule is CCCC(C)(O)CNc1ccccc1S(=O)(=O)CCC. The molecule has 1 aromatic rings. The highest BCUT2D eigenvalue weighted by molar-refractivity contribution is 7.91. The van der Waals surface area contributed by atoms with Gasteiger partial charge in [0, 0.05) is 6.54 Å². The van der Waals surface area contributed by atoms with Gasteiger partial charge < -0.3 is 10.4 Å². The lowest BCUT2D eigenvalue weighted by Gasteiger charge is -2.24. The summed E-state index contributed by atoms with van der Waals surface area (Å²) in [6.45, 7) is 5.94. The molecule has 0 fully saturated rings. The molecule has 0 aliphatic carbocycles. The first-order valence-corrected chi connectivity index (χ1v) is 8.75. The summed E-state index contributed by atoms with van der Waals surface area (Å²) >= 11 is 0. The van der Waals surface area contributed by atoms with Crippen molar-refractivity contribution in [2.45, 2.75) is 50.5 Å². The van der Waals surface area contributed by atoms with Gasteiger partial charge in [0.25, 0.3) is 0 Å². The number of aliphatic hydroxyl groups is 1. The Hall–Kier alpha value is -1.07. The molecule has 20 heavy (non-hydrogen) atoms. The van der Waals surface area contributed by atoms with Crippen molar-refractivity contribution in [1.29, 1.82) is 0 Å². The number of anilines is 1. The smallest absolute Gasteiger partial charge is 0.180 e. The fourth-order valence-corrected chi connectivity index (χ4v) is 3.69. The van der Waals surface area contributed by atoms with Crippen LogP contribution in [0.15, 0.2) is 29.2 Å². The van der Waals surface area contributed by atoms with Crippen LogP contribution >= 0.6 is 0 Å². The third-order valence-electron chi connectivity index (χ3n) is 3.14. The summed E-state index contributed by atoms with van der Waals surface area (Å²) in [5.41, 5.74) is -0.270. The highest BCUT2D eigenvalue weighted by atomic mass is 32.2. The minimum Gasteiger partial charge on any atom is -0.388 e. The summed E-state index contributed by atoms with van der Waals surface area (Å²) in [5, 5.41) is 13.2. The van der Waals surface area contributed by atoms with Crippen molar-refractivity contribution in [3.05, 3.63) is 24.3 Å². The Kier molecular flexibility index (Phi) is 6.02. The van der Waals surface area contributed by atoms with Crippen LogP contribution in [-0.2, 0) is 9.84 Å². The van der Waals surface area contributed by atoms with Gasteiger partial charge in [-0.2, -0.15) is 0 Å². The van der Waals surface area contributed by atoms with Crippen LogP contribution in [0.1, 0.15) is 40.0 Å². The molecule has 1 atom stereocenters. The number of nitrogens with one attached hydrogen (secondary N) is 1. The lowest BCUT2D eigenvalue weighted by Crippen LogP contribution is -2.33. The van der Waals surface area contributed by atoms with Gasteiger partial charge in [-0.1, -0.05) is 32.4 Å². The van der Waals surface area contributed by atoms with Crippen molar-refractivity contribution < 1.29 is 13.5 Å². The van der Waals surface area contributed by atoms with E-state index in [2.05, 4.69) is 5.32 Å². The normalized spacial score (nSPS) is 14.8. The van der Waals surface area contributed by atoms with E-state index < -0.39 is 15.4 Å². The third kappa shape index (κ3) is 4.80. The Bertz CT molecular complexity index is 524. The average molecular weight is 299 g/mol. The van der Waals surface area contributed by atoms with Crippen molar-refractivity contribution in [1.82, 2.24) is 0 Å². The first kappa shape index (κ1) is 17.0. The molecule has 1 unspecified atom stereocenters. The summed E-state index contributed by atoms with van der Waals surface area (Å²) in [5.74, 6) is 0.136. The molecule has 0 spiro atoms. The molecule has 0 aliphatic rings. The summed E-state index contributed by atoms with van der Waals surface area (Å²) in [6.07, 6.45) is 2.14. The zero-order chi connectivity index (χ0) is 15.2. The highest BCUT2D eigenvalue weighted by Gasteiger charge is 2.21. The van der Waals surface area contributed by atoms with E-state index in [-0.39, 0.29) is 5.75 Å². The molecule has 0 bridgehead atoms. The van der Waals surface area contributed by atoms with E-state index in [0.29, 0.717) is 30.0 Å². The molecule has 114 valence electrons. The minimum atomic E-state index is -3.27. The van der Waals surface area contributed by atoms with Crippen LogP contribution in [0.2, 0.25) is 0 Å². The highest BCUT2D eigenvalue weighted by Crippen LogP contribution is 2.24. The second-order valence-corrected chi connectivity index (χ2v) is 7.49. The first-order valence-electron chi connectivity index (χ1n) is 7.10. The Morgan fingerprint density at radius 3 is 2.45 bits per heavy atom. The van der Waals surface area contributed by atoms with Crippen molar-refractivity contribution in [3.8, 4) is 0 Å². The van der Waals surface area contributed by atoms with E-state index in [0.717, 1.165) is 6.42 Å². The molecular formula is C15H25NO3S.